The summed E-state index contributed by atoms with van der Waals surface area (Å²) in [4.78, 5) is 0. The maximum Gasteiger partial charge on any atom is 0.0724 e. The van der Waals surface area contributed by atoms with Crippen LogP contribution in [0.4, 0.5) is 0 Å². The van der Waals surface area contributed by atoms with Crippen molar-refractivity contribution in [2.24, 2.45) is 67.4 Å². The molecule has 42 heavy (non-hydrogen) atoms. The van der Waals surface area contributed by atoms with Crippen LogP contribution in [0.5, 0.6) is 0 Å². The summed E-state index contributed by atoms with van der Waals surface area (Å²) in [6.07, 6.45) is 23.3. The zero-order valence-electron chi connectivity index (χ0n) is 26.9. The first-order chi connectivity index (χ1) is 20.1. The van der Waals surface area contributed by atoms with Crippen LogP contribution in [0.1, 0.15) is 130 Å². The van der Waals surface area contributed by atoms with Gasteiger partial charge in [-0.1, -0.05) is 51.0 Å². The van der Waals surface area contributed by atoms with E-state index in [2.05, 4.69) is 39.8 Å². The highest BCUT2D eigenvalue weighted by Crippen LogP contribution is 2.66. The third-order valence-electron chi connectivity index (χ3n) is 15.9. The number of hydrogen-bond donors (Lipinski definition) is 2. The van der Waals surface area contributed by atoms with Gasteiger partial charge in [-0.3, -0.25) is 0 Å². The summed E-state index contributed by atoms with van der Waals surface area (Å²) in [5.41, 5.74) is 7.02. The monoisotopic (exact) mass is 572 g/mol. The lowest BCUT2D eigenvalue weighted by molar-refractivity contribution is -0.0250. The highest BCUT2D eigenvalue weighted by atomic mass is 16.3. The molecule has 0 aromatic heterocycles. The van der Waals surface area contributed by atoms with Gasteiger partial charge in [-0.15, -0.1) is 0 Å². The van der Waals surface area contributed by atoms with Crippen LogP contribution >= 0.6 is 0 Å². The Morgan fingerprint density at radius 2 is 1.14 bits per heavy atom. The molecule has 6 fully saturated rings. The Morgan fingerprint density at radius 3 is 1.83 bits per heavy atom. The molecule has 0 aliphatic heterocycles. The summed E-state index contributed by atoms with van der Waals surface area (Å²) >= 11 is 0. The van der Waals surface area contributed by atoms with E-state index in [0.717, 1.165) is 67.6 Å². The Balaban J connectivity index is 1.02. The van der Waals surface area contributed by atoms with Gasteiger partial charge in [0.15, 0.2) is 0 Å². The molecule has 0 unspecified atom stereocenters. The van der Waals surface area contributed by atoms with Gasteiger partial charge in [-0.05, 0) is 149 Å². The van der Waals surface area contributed by atoms with Gasteiger partial charge in [0.25, 0.3) is 0 Å². The van der Waals surface area contributed by atoms with Gasteiger partial charge >= 0.3 is 0 Å². The van der Waals surface area contributed by atoms with Crippen LogP contribution in [0.3, 0.4) is 0 Å². The number of nitrogens with zero attached hydrogens (tertiary/aromatic N) is 2. The molecule has 2 N–H and O–H groups in total. The maximum absolute atomic E-state index is 10.4. The second kappa shape index (κ2) is 9.62. The van der Waals surface area contributed by atoms with E-state index in [-0.39, 0.29) is 23.0 Å². The van der Waals surface area contributed by atoms with Crippen molar-refractivity contribution in [1.29, 1.82) is 0 Å². The summed E-state index contributed by atoms with van der Waals surface area (Å²) in [5, 5.41) is 31.2. The summed E-state index contributed by atoms with van der Waals surface area (Å²) in [5.74, 6) is 4.61. The zero-order valence-corrected chi connectivity index (χ0v) is 26.9. The van der Waals surface area contributed by atoms with E-state index < -0.39 is 0 Å². The van der Waals surface area contributed by atoms with E-state index in [9.17, 15) is 10.2 Å². The van der Waals surface area contributed by atoms with Gasteiger partial charge in [0.1, 0.15) is 0 Å². The molecule has 4 heteroatoms. The lowest BCUT2D eigenvalue weighted by Gasteiger charge is -2.57. The van der Waals surface area contributed by atoms with E-state index in [1.165, 1.54) is 82.1 Å². The fourth-order valence-corrected chi connectivity index (χ4v) is 13.4. The maximum atomic E-state index is 10.4. The third kappa shape index (κ3) is 3.85. The molecule has 4 nitrogen and oxygen atoms in total. The SMILES string of the molecule is C[C@]12CC[C@@H](O)CC1=CC[C@H]1[C@H]2CC[C@]2(C)/C(=N\N=C3\CC[C@@H]4[C@@H]5CCC6=C[C@H](O)CC[C@]6(C)[C@H]5CC[C@]34C)CC[C@@H]12. The second-order valence-electron chi connectivity index (χ2n) is 17.4. The molecule has 0 aromatic carbocycles. The highest BCUT2D eigenvalue weighted by molar-refractivity contribution is 5.95. The van der Waals surface area contributed by atoms with E-state index in [1.807, 2.05) is 0 Å². The minimum atomic E-state index is -0.216. The highest BCUT2D eigenvalue weighted by Gasteiger charge is 2.60. The van der Waals surface area contributed by atoms with E-state index in [4.69, 9.17) is 10.2 Å². The van der Waals surface area contributed by atoms with Crippen LogP contribution in [-0.2, 0) is 0 Å². The van der Waals surface area contributed by atoms with Gasteiger partial charge in [-0.25, -0.2) is 0 Å². The van der Waals surface area contributed by atoms with Crippen molar-refractivity contribution >= 4 is 11.4 Å². The van der Waals surface area contributed by atoms with Crippen LogP contribution in [0.25, 0.3) is 0 Å². The van der Waals surface area contributed by atoms with Crippen molar-refractivity contribution in [3.8, 4) is 0 Å². The lowest BCUT2D eigenvalue weighted by atomic mass is 9.47. The van der Waals surface area contributed by atoms with E-state index in [1.54, 1.807) is 11.1 Å². The molecule has 8 rings (SSSR count). The summed E-state index contributed by atoms with van der Waals surface area (Å²) in [6, 6.07) is 0. The number of aliphatic hydroxyl groups is 2. The average Bonchev–Trinajstić information content (AvgIpc) is 3.48. The molecular formula is C38H56N2O2. The Kier molecular flexibility index (Phi) is 6.47. The van der Waals surface area contributed by atoms with Crippen molar-refractivity contribution < 1.29 is 10.2 Å². The van der Waals surface area contributed by atoms with Gasteiger partial charge in [0, 0.05) is 22.3 Å². The fourth-order valence-electron chi connectivity index (χ4n) is 13.4. The third-order valence-corrected chi connectivity index (χ3v) is 15.9. The minimum absolute atomic E-state index is 0.122. The number of hydrogen-bond acceptors (Lipinski definition) is 4. The summed E-state index contributed by atoms with van der Waals surface area (Å²) in [7, 11) is 0. The van der Waals surface area contributed by atoms with Crippen LogP contribution in [-0.4, -0.2) is 33.8 Å². The van der Waals surface area contributed by atoms with Crippen LogP contribution in [0.2, 0.25) is 0 Å². The van der Waals surface area contributed by atoms with Gasteiger partial charge in [0.05, 0.1) is 12.2 Å². The molecule has 0 amide bonds. The standard InChI is InChI=1S/C38H56N2O2/c1-35-17-13-25(41)21-23(35)5-7-27-29-9-11-33(37(29,3)19-15-31(27)35)39-40-34-12-10-30-28-8-6-24-22-26(42)14-18-36(24,2)32(28)16-20-38(30,34)4/h5,22,25-32,41-42H,6-21H2,1-4H3/b39-33-,40-34-/t25-,26-,27-,28+,29+,30-,31-,32+,35+,36+,37+,38+/m1/s1. The Labute approximate surface area is 254 Å². The normalized spacial score (nSPS) is 55.1. The van der Waals surface area contributed by atoms with Crippen molar-refractivity contribution in [3.63, 3.8) is 0 Å². The average molecular weight is 573 g/mol. The summed E-state index contributed by atoms with van der Waals surface area (Å²) in [6.45, 7) is 10.2. The van der Waals surface area contributed by atoms with Gasteiger partial charge in [-0.2, -0.15) is 10.2 Å². The quantitative estimate of drug-likeness (QED) is 0.245. The molecule has 8 aliphatic carbocycles. The summed E-state index contributed by atoms with van der Waals surface area (Å²) < 4.78 is 0. The van der Waals surface area contributed by atoms with Gasteiger partial charge in [0.2, 0.25) is 0 Å². The molecular weight excluding hydrogens is 516 g/mol. The van der Waals surface area contributed by atoms with Gasteiger partial charge < -0.3 is 10.2 Å². The Hall–Kier alpha value is -1.26. The molecule has 0 heterocycles. The molecule has 230 valence electrons. The zero-order chi connectivity index (χ0) is 29.1. The lowest BCUT2D eigenvalue weighted by Crippen LogP contribution is -2.50. The smallest absolute Gasteiger partial charge is 0.0724 e. The Bertz CT molecular complexity index is 1260. The Morgan fingerprint density at radius 1 is 0.595 bits per heavy atom. The van der Waals surface area contributed by atoms with Crippen LogP contribution in [0, 0.1) is 57.2 Å². The first kappa shape index (κ1) is 28.2. The van der Waals surface area contributed by atoms with E-state index >= 15 is 0 Å². The number of aliphatic hydroxyl groups excluding tert-OH is 2. The van der Waals surface area contributed by atoms with Crippen molar-refractivity contribution in [1.82, 2.24) is 0 Å². The number of allylic oxidation sites excluding steroid dienone is 2. The molecule has 0 aromatic rings. The van der Waals surface area contributed by atoms with Crippen LogP contribution in [0.15, 0.2) is 33.5 Å². The predicted octanol–water partition coefficient (Wildman–Crippen LogP) is 8.43. The topological polar surface area (TPSA) is 65.2 Å². The number of fused-ring (bicyclic) bond motifs is 10. The molecule has 8 aliphatic rings. The first-order valence-electron chi connectivity index (χ1n) is 18.0. The fraction of sp³-hybridized carbons (Fsp3) is 0.842. The van der Waals surface area contributed by atoms with Crippen LogP contribution < -0.4 is 0 Å². The molecule has 0 spiro atoms. The first-order valence-corrected chi connectivity index (χ1v) is 18.0. The van der Waals surface area contributed by atoms with Crippen molar-refractivity contribution in [2.75, 3.05) is 0 Å². The number of rotatable bonds is 1. The van der Waals surface area contributed by atoms with Crippen molar-refractivity contribution in [3.05, 3.63) is 23.3 Å². The molecule has 0 radical (unpaired) electrons. The van der Waals surface area contributed by atoms with E-state index in [0.29, 0.717) is 10.8 Å². The minimum Gasteiger partial charge on any atom is -0.393 e. The molecule has 12 atom stereocenters. The molecule has 0 saturated heterocycles. The van der Waals surface area contributed by atoms with Crippen molar-refractivity contribution in [2.45, 2.75) is 143 Å². The molecule has 0 bridgehead atoms. The second-order valence-corrected chi connectivity index (χ2v) is 17.4. The predicted molar refractivity (Wildman–Crippen MR) is 170 cm³/mol. The molecule has 6 saturated carbocycles. The largest absolute Gasteiger partial charge is 0.393 e.